The molecule has 0 aliphatic heterocycles. The zero-order chi connectivity index (χ0) is 17.2. The van der Waals surface area contributed by atoms with Crippen LogP contribution in [0.15, 0.2) is 0 Å². The van der Waals surface area contributed by atoms with Crippen molar-refractivity contribution in [1.29, 1.82) is 0 Å². The molecule has 0 aliphatic rings. The Kier molecular flexibility index (Phi) is 12.7. The lowest BCUT2D eigenvalue weighted by molar-refractivity contribution is -0.124. The van der Waals surface area contributed by atoms with E-state index in [2.05, 4.69) is 5.32 Å². The second kappa shape index (κ2) is 12.3. The maximum atomic E-state index is 11.9. The van der Waals surface area contributed by atoms with Crippen molar-refractivity contribution in [3.63, 3.8) is 0 Å². The number of hydrogen-bond donors (Lipinski definition) is 2. The van der Waals surface area contributed by atoms with Crippen LogP contribution in [0.3, 0.4) is 0 Å². The van der Waals surface area contributed by atoms with Crippen molar-refractivity contribution in [3.8, 4) is 0 Å². The van der Waals surface area contributed by atoms with Crippen LogP contribution >= 0.6 is 57.3 Å². The fraction of sp³-hybridized carbons (Fsp3) is 0.818. The molecule has 0 bridgehead atoms. The van der Waals surface area contributed by atoms with Crippen LogP contribution in [0.1, 0.15) is 20.3 Å². The third-order valence-corrected chi connectivity index (χ3v) is 8.56. The first-order valence-electron chi connectivity index (χ1n) is 6.45. The Morgan fingerprint density at radius 1 is 1.41 bits per heavy atom. The summed E-state index contributed by atoms with van der Waals surface area (Å²) in [6, 6.07) is 0. The van der Waals surface area contributed by atoms with Gasteiger partial charge in [0.25, 0.3) is 10.1 Å². The molecule has 0 rings (SSSR count). The maximum absolute atomic E-state index is 11.9. The second-order valence-corrected chi connectivity index (χ2v) is 12.4. The number of hydrogen-bond acceptors (Lipinski definition) is 8. The fourth-order valence-electron chi connectivity index (χ4n) is 1.36. The Bertz CT molecular complexity index is 455. The summed E-state index contributed by atoms with van der Waals surface area (Å²) < 4.78 is 31.6. The lowest BCUT2D eigenvalue weighted by atomic mass is 10.1. The third-order valence-electron chi connectivity index (χ3n) is 2.42. The molecule has 0 fully saturated rings. The van der Waals surface area contributed by atoms with Crippen LogP contribution in [-0.4, -0.2) is 51.3 Å². The quantitative estimate of drug-likeness (QED) is 0.238. The van der Waals surface area contributed by atoms with Crippen molar-refractivity contribution < 1.29 is 17.8 Å². The molecule has 0 heterocycles. The van der Waals surface area contributed by atoms with E-state index in [-0.39, 0.29) is 12.3 Å². The summed E-state index contributed by atoms with van der Waals surface area (Å²) in [7, 11) is -1.01. The van der Waals surface area contributed by atoms with Crippen LogP contribution in [-0.2, 0) is 14.9 Å². The molecule has 2 atom stereocenters. The summed E-state index contributed by atoms with van der Waals surface area (Å²) in [6.07, 6.45) is 1.98. The van der Waals surface area contributed by atoms with Gasteiger partial charge in [-0.05, 0) is 18.4 Å². The number of amides is 1. The van der Waals surface area contributed by atoms with Crippen LogP contribution < -0.4 is 5.32 Å². The summed E-state index contributed by atoms with van der Waals surface area (Å²) in [5, 5.41) is 2.76. The first-order valence-corrected chi connectivity index (χ1v) is 13.0. The molecule has 0 spiro atoms. The monoisotopic (exact) mass is 423 g/mol. The number of carbonyl (C=O) groups is 1. The molecular weight excluding hydrogens is 403 g/mol. The van der Waals surface area contributed by atoms with Crippen LogP contribution in [0.2, 0.25) is 0 Å². The molecule has 0 aromatic rings. The number of nitrogens with one attached hydrogen (secondary N) is 1. The Morgan fingerprint density at radius 3 is 2.55 bits per heavy atom. The van der Waals surface area contributed by atoms with Gasteiger partial charge in [-0.2, -0.15) is 8.42 Å². The molecule has 0 aromatic heterocycles. The van der Waals surface area contributed by atoms with E-state index in [1.54, 1.807) is 28.5 Å². The van der Waals surface area contributed by atoms with Crippen molar-refractivity contribution >= 4 is 76.9 Å². The zero-order valence-corrected chi connectivity index (χ0v) is 17.5. The van der Waals surface area contributed by atoms with Gasteiger partial charge in [-0.15, -0.1) is 11.8 Å². The minimum atomic E-state index is -4.26. The molecule has 0 saturated carbocycles. The van der Waals surface area contributed by atoms with Gasteiger partial charge < -0.3 is 5.32 Å². The fourth-order valence-corrected chi connectivity index (χ4v) is 6.64. The summed E-state index contributed by atoms with van der Waals surface area (Å²) >= 11 is 7.33. The molecule has 0 saturated heterocycles. The molecule has 1 amide bonds. The zero-order valence-electron chi connectivity index (χ0n) is 12.6. The van der Waals surface area contributed by atoms with Crippen molar-refractivity contribution in [3.05, 3.63) is 0 Å². The molecule has 2 N–H and O–H groups in total. The highest BCUT2D eigenvalue weighted by Crippen LogP contribution is 2.29. The lowest BCUT2D eigenvalue weighted by Gasteiger charge is -2.18. The van der Waals surface area contributed by atoms with Gasteiger partial charge in [0.1, 0.15) is 8.11 Å². The number of thiocarbonyl (C=S) groups is 1. The van der Waals surface area contributed by atoms with E-state index in [1.807, 2.05) is 13.2 Å². The number of thioether (sulfide) groups is 2. The van der Waals surface area contributed by atoms with Crippen LogP contribution in [0.4, 0.5) is 0 Å². The normalized spacial score (nSPS) is 14.4. The van der Waals surface area contributed by atoms with Crippen LogP contribution in [0.25, 0.3) is 0 Å². The van der Waals surface area contributed by atoms with Gasteiger partial charge in [-0.3, -0.25) is 9.35 Å². The molecule has 0 radical (unpaired) electrons. The minimum Gasteiger partial charge on any atom is -0.355 e. The molecule has 130 valence electrons. The first-order chi connectivity index (χ1) is 10.2. The highest BCUT2D eigenvalue weighted by atomic mass is 33.1. The van der Waals surface area contributed by atoms with Gasteiger partial charge in [-0.25, -0.2) is 0 Å². The first kappa shape index (κ1) is 22.9. The van der Waals surface area contributed by atoms with Crippen LogP contribution in [0.5, 0.6) is 0 Å². The SMILES string of the molecule is CCSC(=S)SC(CC(C)C(=O)NCCSSC)S(=O)(=O)O. The van der Waals surface area contributed by atoms with Crippen molar-refractivity contribution in [2.45, 2.75) is 24.9 Å². The summed E-state index contributed by atoms with van der Waals surface area (Å²) in [6.45, 7) is 4.08. The van der Waals surface area contributed by atoms with E-state index < -0.39 is 20.6 Å². The highest BCUT2D eigenvalue weighted by Gasteiger charge is 2.29. The van der Waals surface area contributed by atoms with Gasteiger partial charge in [-0.1, -0.05) is 59.4 Å². The molecule has 22 heavy (non-hydrogen) atoms. The Labute approximate surface area is 154 Å². The predicted octanol–water partition coefficient (Wildman–Crippen LogP) is 3.13. The Hall–Kier alpha value is 0.870. The smallest absolute Gasteiger partial charge is 0.277 e. The molecular formula is C11H21NO4S6. The van der Waals surface area contributed by atoms with E-state index in [1.165, 1.54) is 11.8 Å². The van der Waals surface area contributed by atoms with Gasteiger partial charge in [0.05, 0.1) is 0 Å². The molecule has 11 heteroatoms. The van der Waals surface area contributed by atoms with Crippen molar-refractivity contribution in [1.82, 2.24) is 5.32 Å². The number of rotatable bonds is 10. The van der Waals surface area contributed by atoms with Gasteiger partial charge in [0.15, 0.2) is 0 Å². The summed E-state index contributed by atoms with van der Waals surface area (Å²) in [5.41, 5.74) is 0. The highest BCUT2D eigenvalue weighted by molar-refractivity contribution is 8.76. The number of carbonyl (C=O) groups excluding carboxylic acids is 1. The van der Waals surface area contributed by atoms with Gasteiger partial charge in [0.2, 0.25) is 5.91 Å². The van der Waals surface area contributed by atoms with Gasteiger partial charge in [0, 0.05) is 18.2 Å². The standard InChI is InChI=1S/C11H21NO4S6/c1-4-19-11(17)21-9(22(14,15)16)7-8(2)10(13)12-5-6-20-18-3/h8-9H,4-7H2,1-3H3,(H,12,13)(H,14,15,16). The third kappa shape index (κ3) is 10.6. The van der Waals surface area contributed by atoms with E-state index >= 15 is 0 Å². The van der Waals surface area contributed by atoms with Crippen molar-refractivity contribution in [2.24, 2.45) is 5.92 Å². The predicted molar refractivity (Wildman–Crippen MR) is 106 cm³/mol. The van der Waals surface area contributed by atoms with Gasteiger partial charge >= 0.3 is 0 Å². The Balaban J connectivity index is 4.52. The van der Waals surface area contributed by atoms with E-state index in [4.69, 9.17) is 12.2 Å². The summed E-state index contributed by atoms with van der Waals surface area (Å²) in [5.74, 6) is 0.777. The molecule has 0 aromatic carbocycles. The topological polar surface area (TPSA) is 83.5 Å². The molecule has 0 aliphatic carbocycles. The largest absolute Gasteiger partial charge is 0.355 e. The summed E-state index contributed by atoms with van der Waals surface area (Å²) in [4.78, 5) is 11.9. The molecule has 2 unspecified atom stereocenters. The van der Waals surface area contributed by atoms with Crippen molar-refractivity contribution in [2.75, 3.05) is 24.3 Å². The lowest BCUT2D eigenvalue weighted by Crippen LogP contribution is -2.33. The molecule has 5 nitrogen and oxygen atoms in total. The maximum Gasteiger partial charge on any atom is 0.277 e. The second-order valence-electron chi connectivity index (χ2n) is 4.16. The van der Waals surface area contributed by atoms with E-state index in [0.29, 0.717) is 10.1 Å². The minimum absolute atomic E-state index is 0.0232. The van der Waals surface area contributed by atoms with Crippen LogP contribution in [0, 0.1) is 5.92 Å². The average Bonchev–Trinajstić information content (AvgIpc) is 2.41. The Morgan fingerprint density at radius 2 is 2.05 bits per heavy atom. The average molecular weight is 424 g/mol. The van der Waals surface area contributed by atoms with E-state index in [9.17, 15) is 17.8 Å². The van der Waals surface area contributed by atoms with E-state index in [0.717, 1.165) is 23.3 Å².